The lowest BCUT2D eigenvalue weighted by molar-refractivity contribution is 1.47. The maximum absolute atomic E-state index is 2.22. The quantitative estimate of drug-likeness (QED) is 0.571. The van der Waals surface area contributed by atoms with E-state index >= 15 is 0 Å². The molecule has 0 radical (unpaired) electrons. The molecule has 0 saturated heterocycles. The Balaban J connectivity index is 1.95. The van der Waals surface area contributed by atoms with Crippen LogP contribution in [0.25, 0.3) is 22.3 Å². The van der Waals surface area contributed by atoms with Gasteiger partial charge in [-0.2, -0.15) is 0 Å². The minimum absolute atomic E-state index is 1.26. The molecule has 0 spiro atoms. The minimum Gasteiger partial charge on any atom is -0.0622 e. The van der Waals surface area contributed by atoms with Gasteiger partial charge in [-0.25, -0.2) is 0 Å². The summed E-state index contributed by atoms with van der Waals surface area (Å²) >= 11 is 0. The van der Waals surface area contributed by atoms with Crippen LogP contribution in [-0.2, 0) is 0 Å². The summed E-state index contributed by atoms with van der Waals surface area (Å²) in [6.07, 6.45) is 0. The average Bonchev–Trinajstić information content (AvgIpc) is 2.48. The van der Waals surface area contributed by atoms with Gasteiger partial charge in [-0.3, -0.25) is 0 Å². The van der Waals surface area contributed by atoms with Crippen LogP contribution < -0.4 is 0 Å². The Labute approximate surface area is 114 Å². The van der Waals surface area contributed by atoms with Crippen LogP contribution in [0.2, 0.25) is 0 Å². The van der Waals surface area contributed by atoms with E-state index in [-0.39, 0.29) is 0 Å². The van der Waals surface area contributed by atoms with Crippen molar-refractivity contribution < 1.29 is 0 Å². The molecule has 19 heavy (non-hydrogen) atoms. The third-order valence-electron chi connectivity index (χ3n) is 3.34. The highest BCUT2D eigenvalue weighted by Crippen LogP contribution is 2.25. The first-order chi connectivity index (χ1) is 9.33. The summed E-state index contributed by atoms with van der Waals surface area (Å²) < 4.78 is 0. The first kappa shape index (κ1) is 11.7. The number of aryl methyl sites for hydroxylation is 1. The molecule has 0 heteroatoms. The molecule has 3 rings (SSSR count). The highest BCUT2D eigenvalue weighted by atomic mass is 14.0. The molecule has 0 amide bonds. The van der Waals surface area contributed by atoms with Crippen LogP contribution >= 0.6 is 0 Å². The van der Waals surface area contributed by atoms with Crippen molar-refractivity contribution in [2.24, 2.45) is 0 Å². The van der Waals surface area contributed by atoms with E-state index < -0.39 is 0 Å². The van der Waals surface area contributed by atoms with E-state index in [0.717, 1.165) is 0 Å². The van der Waals surface area contributed by atoms with Crippen LogP contribution in [0.15, 0.2) is 78.9 Å². The molecule has 0 aliphatic heterocycles. The standard InChI is InChI=1S/C19H16/c1-15-6-5-9-19(14-15)18-12-10-17(11-13-18)16-7-3-2-4-8-16/h2-14H,1H3. The second-order valence-corrected chi connectivity index (χ2v) is 4.81. The molecule has 0 fully saturated rings. The van der Waals surface area contributed by atoms with Gasteiger partial charge in [-0.15, -0.1) is 0 Å². The van der Waals surface area contributed by atoms with Gasteiger partial charge in [0.25, 0.3) is 0 Å². The number of benzene rings is 3. The van der Waals surface area contributed by atoms with Gasteiger partial charge in [0.15, 0.2) is 0 Å². The van der Waals surface area contributed by atoms with Crippen molar-refractivity contribution in [2.45, 2.75) is 6.92 Å². The smallest absolute Gasteiger partial charge is 0.0181 e. The molecule has 0 nitrogen and oxygen atoms in total. The van der Waals surface area contributed by atoms with Crippen molar-refractivity contribution in [1.82, 2.24) is 0 Å². The largest absolute Gasteiger partial charge is 0.0622 e. The first-order valence-electron chi connectivity index (χ1n) is 6.55. The van der Waals surface area contributed by atoms with Crippen molar-refractivity contribution in [3.63, 3.8) is 0 Å². The molecule has 0 bridgehead atoms. The van der Waals surface area contributed by atoms with E-state index in [0.29, 0.717) is 0 Å². The Bertz CT molecular complexity index is 664. The minimum atomic E-state index is 1.26. The number of hydrogen-bond donors (Lipinski definition) is 0. The summed E-state index contributed by atoms with van der Waals surface area (Å²) in [5.74, 6) is 0. The van der Waals surface area contributed by atoms with E-state index in [1.165, 1.54) is 27.8 Å². The summed E-state index contributed by atoms with van der Waals surface area (Å²) in [6, 6.07) is 27.8. The molecule has 0 heterocycles. The predicted molar refractivity (Wildman–Crippen MR) is 82.1 cm³/mol. The molecule has 0 aliphatic carbocycles. The molecular formula is C19H16. The Morgan fingerprint density at radius 1 is 0.474 bits per heavy atom. The van der Waals surface area contributed by atoms with Gasteiger partial charge in [0.05, 0.1) is 0 Å². The highest BCUT2D eigenvalue weighted by Gasteiger charge is 1.99. The van der Waals surface area contributed by atoms with Crippen LogP contribution in [0.5, 0.6) is 0 Å². The zero-order chi connectivity index (χ0) is 13.1. The zero-order valence-electron chi connectivity index (χ0n) is 11.0. The second kappa shape index (κ2) is 5.11. The fourth-order valence-electron chi connectivity index (χ4n) is 2.31. The van der Waals surface area contributed by atoms with Gasteiger partial charge in [-0.1, -0.05) is 84.4 Å². The predicted octanol–water partition coefficient (Wildman–Crippen LogP) is 5.33. The van der Waals surface area contributed by atoms with E-state index in [1.54, 1.807) is 0 Å². The molecule has 0 atom stereocenters. The summed E-state index contributed by atoms with van der Waals surface area (Å²) in [7, 11) is 0. The van der Waals surface area contributed by atoms with Crippen LogP contribution in [-0.4, -0.2) is 0 Å². The van der Waals surface area contributed by atoms with Gasteiger partial charge in [0, 0.05) is 0 Å². The fourth-order valence-corrected chi connectivity index (χ4v) is 2.31. The third kappa shape index (κ3) is 2.58. The van der Waals surface area contributed by atoms with E-state index in [4.69, 9.17) is 0 Å². The zero-order valence-corrected chi connectivity index (χ0v) is 11.0. The van der Waals surface area contributed by atoms with Crippen LogP contribution in [0.3, 0.4) is 0 Å². The Morgan fingerprint density at radius 2 is 1.00 bits per heavy atom. The molecule has 3 aromatic carbocycles. The van der Waals surface area contributed by atoms with Crippen molar-refractivity contribution >= 4 is 0 Å². The van der Waals surface area contributed by atoms with Crippen LogP contribution in [0, 0.1) is 6.92 Å². The van der Waals surface area contributed by atoms with E-state index in [9.17, 15) is 0 Å². The maximum Gasteiger partial charge on any atom is -0.0181 e. The Morgan fingerprint density at radius 3 is 1.63 bits per heavy atom. The Hall–Kier alpha value is -2.34. The van der Waals surface area contributed by atoms with Crippen molar-refractivity contribution in [1.29, 1.82) is 0 Å². The molecule has 0 aliphatic rings. The Kier molecular flexibility index (Phi) is 3.16. The molecule has 0 saturated carbocycles. The topological polar surface area (TPSA) is 0 Å². The summed E-state index contributed by atoms with van der Waals surface area (Å²) in [5, 5.41) is 0. The SMILES string of the molecule is Cc1cccc(-c2ccc(-c3ccccc3)cc2)c1. The van der Waals surface area contributed by atoms with E-state index in [1.807, 2.05) is 6.07 Å². The van der Waals surface area contributed by atoms with Gasteiger partial charge in [0.1, 0.15) is 0 Å². The number of hydrogen-bond acceptors (Lipinski definition) is 0. The van der Waals surface area contributed by atoms with Crippen molar-refractivity contribution in [3.8, 4) is 22.3 Å². The van der Waals surface area contributed by atoms with Crippen LogP contribution in [0.4, 0.5) is 0 Å². The van der Waals surface area contributed by atoms with Gasteiger partial charge < -0.3 is 0 Å². The van der Waals surface area contributed by atoms with Gasteiger partial charge >= 0.3 is 0 Å². The highest BCUT2D eigenvalue weighted by molar-refractivity contribution is 5.70. The van der Waals surface area contributed by atoms with E-state index in [2.05, 4.69) is 79.7 Å². The van der Waals surface area contributed by atoms with Gasteiger partial charge in [0.2, 0.25) is 0 Å². The maximum atomic E-state index is 2.22. The molecule has 0 N–H and O–H groups in total. The average molecular weight is 244 g/mol. The third-order valence-corrected chi connectivity index (χ3v) is 3.34. The molecule has 0 unspecified atom stereocenters. The van der Waals surface area contributed by atoms with Crippen LogP contribution in [0.1, 0.15) is 5.56 Å². The summed E-state index contributed by atoms with van der Waals surface area (Å²) in [6.45, 7) is 2.13. The molecule has 3 aromatic rings. The summed E-state index contributed by atoms with van der Waals surface area (Å²) in [5.41, 5.74) is 6.36. The lowest BCUT2D eigenvalue weighted by Crippen LogP contribution is -1.81. The normalized spacial score (nSPS) is 10.4. The molecule has 0 aromatic heterocycles. The lowest BCUT2D eigenvalue weighted by atomic mass is 9.99. The lowest BCUT2D eigenvalue weighted by Gasteiger charge is -2.05. The fraction of sp³-hybridized carbons (Fsp3) is 0.0526. The van der Waals surface area contributed by atoms with Crippen molar-refractivity contribution in [2.75, 3.05) is 0 Å². The van der Waals surface area contributed by atoms with Gasteiger partial charge in [-0.05, 0) is 29.2 Å². The summed E-state index contributed by atoms with van der Waals surface area (Å²) in [4.78, 5) is 0. The van der Waals surface area contributed by atoms with Crippen molar-refractivity contribution in [3.05, 3.63) is 84.4 Å². The molecular weight excluding hydrogens is 228 g/mol. The monoisotopic (exact) mass is 244 g/mol. The second-order valence-electron chi connectivity index (χ2n) is 4.81. The first-order valence-corrected chi connectivity index (χ1v) is 6.55. The molecule has 92 valence electrons. The number of rotatable bonds is 2.